The van der Waals surface area contributed by atoms with Crippen LogP contribution in [0.25, 0.3) is 0 Å². The smallest absolute Gasteiger partial charge is 0.289 e. The molecule has 2 saturated heterocycles. The number of hydrogen-bond donors (Lipinski definition) is 0. The van der Waals surface area contributed by atoms with E-state index in [0.717, 1.165) is 11.8 Å². The van der Waals surface area contributed by atoms with Crippen molar-refractivity contribution < 1.29 is 14.4 Å². The topological polar surface area (TPSA) is 57.7 Å². The standard InChI is InChI=1S/C14H20N2O3S/c17-12(6-10-4-2-1-3-5-10)15-7-11(8-15)16-13(18)9-20-14(16)19/h10-11H,1-9H2. The van der Waals surface area contributed by atoms with E-state index >= 15 is 0 Å². The van der Waals surface area contributed by atoms with E-state index in [1.165, 1.54) is 37.0 Å². The Hall–Kier alpha value is -1.04. The Kier molecular flexibility index (Phi) is 4.01. The van der Waals surface area contributed by atoms with E-state index in [9.17, 15) is 14.4 Å². The van der Waals surface area contributed by atoms with Gasteiger partial charge < -0.3 is 4.90 Å². The molecule has 3 amide bonds. The molecule has 0 unspecified atom stereocenters. The minimum absolute atomic E-state index is 0.0831. The van der Waals surface area contributed by atoms with E-state index in [1.807, 2.05) is 0 Å². The number of carbonyl (C=O) groups excluding carboxylic acids is 3. The average Bonchev–Trinajstić information content (AvgIpc) is 2.70. The Balaban J connectivity index is 1.46. The second-order valence-electron chi connectivity index (χ2n) is 5.98. The third kappa shape index (κ3) is 2.71. The van der Waals surface area contributed by atoms with Crippen molar-refractivity contribution in [2.75, 3.05) is 18.8 Å². The molecular weight excluding hydrogens is 276 g/mol. The van der Waals surface area contributed by atoms with Crippen molar-refractivity contribution in [1.29, 1.82) is 0 Å². The molecule has 0 aromatic carbocycles. The van der Waals surface area contributed by atoms with Gasteiger partial charge >= 0.3 is 0 Å². The van der Waals surface area contributed by atoms with Gasteiger partial charge in [0.25, 0.3) is 5.24 Å². The number of amides is 3. The van der Waals surface area contributed by atoms with E-state index < -0.39 is 0 Å². The lowest BCUT2D eigenvalue weighted by molar-refractivity contribution is -0.143. The summed E-state index contributed by atoms with van der Waals surface area (Å²) in [4.78, 5) is 38.5. The molecule has 3 fully saturated rings. The van der Waals surface area contributed by atoms with Crippen molar-refractivity contribution in [2.24, 2.45) is 5.92 Å². The number of likely N-dealkylation sites (tertiary alicyclic amines) is 1. The van der Waals surface area contributed by atoms with Gasteiger partial charge in [-0.15, -0.1) is 0 Å². The van der Waals surface area contributed by atoms with E-state index in [2.05, 4.69) is 0 Å². The molecule has 3 rings (SSSR count). The summed E-state index contributed by atoms with van der Waals surface area (Å²) in [6, 6.07) is -0.0831. The molecule has 0 aromatic rings. The summed E-state index contributed by atoms with van der Waals surface area (Å²) in [5, 5.41) is -0.153. The van der Waals surface area contributed by atoms with Crippen molar-refractivity contribution >= 4 is 28.8 Å². The molecule has 0 aromatic heterocycles. The molecule has 5 nitrogen and oxygen atoms in total. The van der Waals surface area contributed by atoms with Gasteiger partial charge in [0.05, 0.1) is 11.8 Å². The molecule has 0 radical (unpaired) electrons. The first-order chi connectivity index (χ1) is 9.65. The lowest BCUT2D eigenvalue weighted by Gasteiger charge is -2.43. The molecule has 20 heavy (non-hydrogen) atoms. The van der Waals surface area contributed by atoms with Gasteiger partial charge in [-0.3, -0.25) is 19.3 Å². The van der Waals surface area contributed by atoms with Crippen molar-refractivity contribution in [3.8, 4) is 0 Å². The van der Waals surface area contributed by atoms with Crippen LogP contribution in [0, 0.1) is 5.92 Å². The fourth-order valence-electron chi connectivity index (χ4n) is 3.31. The average molecular weight is 296 g/mol. The van der Waals surface area contributed by atoms with Gasteiger partial charge in [0.15, 0.2) is 0 Å². The zero-order valence-electron chi connectivity index (χ0n) is 11.5. The van der Waals surface area contributed by atoms with Gasteiger partial charge in [0, 0.05) is 19.5 Å². The fourth-order valence-corrected chi connectivity index (χ4v) is 4.08. The number of carbonyl (C=O) groups is 3. The molecule has 1 aliphatic carbocycles. The third-order valence-corrected chi connectivity index (χ3v) is 5.39. The van der Waals surface area contributed by atoms with Crippen LogP contribution in [-0.2, 0) is 9.59 Å². The summed E-state index contributed by atoms with van der Waals surface area (Å²) in [6.07, 6.45) is 6.77. The number of rotatable bonds is 3. The maximum absolute atomic E-state index is 12.1. The largest absolute Gasteiger partial charge is 0.338 e. The molecule has 6 heteroatoms. The number of hydrogen-bond acceptors (Lipinski definition) is 4. The van der Waals surface area contributed by atoms with E-state index in [0.29, 0.717) is 25.4 Å². The second kappa shape index (κ2) is 5.76. The minimum Gasteiger partial charge on any atom is -0.338 e. The van der Waals surface area contributed by atoms with Crippen molar-refractivity contribution in [3.05, 3.63) is 0 Å². The first kappa shape index (κ1) is 13.9. The lowest BCUT2D eigenvalue weighted by atomic mass is 9.86. The highest BCUT2D eigenvalue weighted by molar-refractivity contribution is 8.14. The van der Waals surface area contributed by atoms with Crippen molar-refractivity contribution in [1.82, 2.24) is 9.80 Å². The minimum atomic E-state index is -0.153. The van der Waals surface area contributed by atoms with Crippen LogP contribution in [0.5, 0.6) is 0 Å². The summed E-state index contributed by atoms with van der Waals surface area (Å²) in [5.74, 6) is 0.885. The van der Waals surface area contributed by atoms with Gasteiger partial charge in [-0.25, -0.2) is 0 Å². The van der Waals surface area contributed by atoms with Gasteiger partial charge in [-0.1, -0.05) is 31.0 Å². The van der Waals surface area contributed by atoms with Crippen molar-refractivity contribution in [2.45, 2.75) is 44.6 Å². The SMILES string of the molecule is O=C(CC1CCCCC1)N1CC(N2C(=O)CSC2=O)C1. The fraction of sp³-hybridized carbons (Fsp3) is 0.786. The monoisotopic (exact) mass is 296 g/mol. The highest BCUT2D eigenvalue weighted by atomic mass is 32.2. The van der Waals surface area contributed by atoms with Gasteiger partial charge in [0.1, 0.15) is 0 Å². The van der Waals surface area contributed by atoms with E-state index in [4.69, 9.17) is 0 Å². The highest BCUT2D eigenvalue weighted by Gasteiger charge is 2.43. The van der Waals surface area contributed by atoms with Gasteiger partial charge in [-0.05, 0) is 18.8 Å². The van der Waals surface area contributed by atoms with Crippen LogP contribution in [0.15, 0.2) is 0 Å². The van der Waals surface area contributed by atoms with Crippen LogP contribution < -0.4 is 0 Å². The Bertz CT molecular complexity index is 412. The van der Waals surface area contributed by atoms with Gasteiger partial charge in [-0.2, -0.15) is 0 Å². The highest BCUT2D eigenvalue weighted by Crippen LogP contribution is 2.29. The normalized spacial score (nSPS) is 25.2. The summed E-state index contributed by atoms with van der Waals surface area (Å²) in [6.45, 7) is 1.06. The Labute approximate surface area is 123 Å². The molecule has 1 saturated carbocycles. The van der Waals surface area contributed by atoms with E-state index in [-0.39, 0.29) is 28.8 Å². The summed E-state index contributed by atoms with van der Waals surface area (Å²) < 4.78 is 0. The first-order valence-electron chi connectivity index (χ1n) is 7.41. The molecule has 0 atom stereocenters. The van der Waals surface area contributed by atoms with Crippen LogP contribution in [0.1, 0.15) is 38.5 Å². The molecule has 110 valence electrons. The number of thioether (sulfide) groups is 1. The Morgan fingerprint density at radius 1 is 1.15 bits per heavy atom. The van der Waals surface area contributed by atoms with Crippen LogP contribution in [0.3, 0.4) is 0 Å². The molecule has 2 heterocycles. The molecule has 0 spiro atoms. The van der Waals surface area contributed by atoms with Gasteiger partial charge in [0.2, 0.25) is 11.8 Å². The number of nitrogens with zero attached hydrogens (tertiary/aromatic N) is 2. The zero-order valence-corrected chi connectivity index (χ0v) is 12.4. The third-order valence-electron chi connectivity index (χ3n) is 4.55. The van der Waals surface area contributed by atoms with Crippen LogP contribution in [-0.4, -0.2) is 51.7 Å². The number of imide groups is 1. The predicted molar refractivity (Wildman–Crippen MR) is 76.3 cm³/mol. The second-order valence-corrected chi connectivity index (χ2v) is 6.91. The Morgan fingerprint density at radius 2 is 1.85 bits per heavy atom. The molecular formula is C14H20N2O3S. The summed E-state index contributed by atoms with van der Waals surface area (Å²) in [7, 11) is 0. The lowest BCUT2D eigenvalue weighted by Crippen LogP contribution is -2.62. The summed E-state index contributed by atoms with van der Waals surface area (Å²) >= 11 is 1.06. The molecule has 0 N–H and O–H groups in total. The molecule has 2 aliphatic heterocycles. The first-order valence-corrected chi connectivity index (χ1v) is 8.40. The van der Waals surface area contributed by atoms with Crippen LogP contribution in [0.4, 0.5) is 4.79 Å². The molecule has 0 bridgehead atoms. The quantitative estimate of drug-likeness (QED) is 0.797. The predicted octanol–water partition coefficient (Wildman–Crippen LogP) is 1.86. The Morgan fingerprint density at radius 3 is 2.45 bits per heavy atom. The summed E-state index contributed by atoms with van der Waals surface area (Å²) in [5.41, 5.74) is 0. The maximum atomic E-state index is 12.1. The van der Waals surface area contributed by atoms with Crippen molar-refractivity contribution in [3.63, 3.8) is 0 Å². The van der Waals surface area contributed by atoms with E-state index in [1.54, 1.807) is 4.90 Å². The van der Waals surface area contributed by atoms with Crippen LogP contribution >= 0.6 is 11.8 Å². The zero-order chi connectivity index (χ0) is 14.1. The maximum Gasteiger partial charge on any atom is 0.289 e. The molecule has 3 aliphatic rings. The van der Waals surface area contributed by atoms with Crippen LogP contribution in [0.2, 0.25) is 0 Å².